The zero-order valence-electron chi connectivity index (χ0n) is 14.8. The lowest BCUT2D eigenvalue weighted by atomic mass is 9.98. The van der Waals surface area contributed by atoms with Gasteiger partial charge in [-0.25, -0.2) is 0 Å². The number of phenols is 1. The predicted molar refractivity (Wildman–Crippen MR) is 100 cm³/mol. The molecule has 2 rings (SSSR count). The van der Waals surface area contributed by atoms with E-state index in [1.807, 2.05) is 56.3 Å². The molecule has 2 aromatic rings. The van der Waals surface area contributed by atoms with E-state index in [1.54, 1.807) is 12.1 Å². The molecule has 0 saturated carbocycles. The van der Waals surface area contributed by atoms with Gasteiger partial charge in [0.15, 0.2) is 0 Å². The van der Waals surface area contributed by atoms with Crippen LogP contribution in [0, 0.1) is 0 Å². The number of hydrogen-bond donors (Lipinski definition) is 2. The van der Waals surface area contributed by atoms with Gasteiger partial charge in [-0.1, -0.05) is 56.3 Å². The molecule has 2 aromatic carbocycles. The highest BCUT2D eigenvalue weighted by Gasteiger charge is 2.17. The number of esters is 1. The maximum Gasteiger partial charge on any atom is 0.311 e. The van der Waals surface area contributed by atoms with Crippen LogP contribution in [0.4, 0.5) is 0 Å². The van der Waals surface area contributed by atoms with Crippen molar-refractivity contribution in [3.63, 3.8) is 0 Å². The Morgan fingerprint density at radius 3 is 2.31 bits per heavy atom. The van der Waals surface area contributed by atoms with E-state index < -0.39 is 11.9 Å². The van der Waals surface area contributed by atoms with Gasteiger partial charge < -0.3 is 14.9 Å². The molecule has 0 radical (unpaired) electrons. The number of rotatable bonds is 7. The molecule has 26 heavy (non-hydrogen) atoms. The number of carboxylic acids is 1. The third-order valence-corrected chi connectivity index (χ3v) is 3.75. The lowest BCUT2D eigenvalue weighted by Crippen LogP contribution is -2.12. The zero-order chi connectivity index (χ0) is 19.1. The monoisotopic (exact) mass is 354 g/mol. The van der Waals surface area contributed by atoms with Crippen molar-refractivity contribution in [2.45, 2.75) is 32.6 Å². The van der Waals surface area contributed by atoms with Gasteiger partial charge in [0, 0.05) is 5.56 Å². The fourth-order valence-corrected chi connectivity index (χ4v) is 2.53. The summed E-state index contributed by atoms with van der Waals surface area (Å²) in [6.45, 7) is 3.76. The molecule has 0 bridgehead atoms. The normalized spacial score (nSPS) is 11.0. The Bertz CT molecular complexity index is 807. The molecule has 2 N–H and O–H groups in total. The Hall–Kier alpha value is -3.08. The number of carbonyl (C=O) groups is 2. The van der Waals surface area contributed by atoms with Gasteiger partial charge in [0.25, 0.3) is 0 Å². The summed E-state index contributed by atoms with van der Waals surface area (Å²) < 4.78 is 5.33. The minimum Gasteiger partial charge on any atom is -0.507 e. The number of benzene rings is 2. The number of phenolic OH excluding ortho intramolecular Hbond substituents is 1. The Morgan fingerprint density at radius 1 is 1.04 bits per heavy atom. The summed E-state index contributed by atoms with van der Waals surface area (Å²) in [7, 11) is 0. The summed E-state index contributed by atoms with van der Waals surface area (Å²) in [5.74, 6) is -1.48. The van der Waals surface area contributed by atoms with E-state index in [0.717, 1.165) is 5.56 Å². The van der Waals surface area contributed by atoms with Crippen molar-refractivity contribution in [3.05, 3.63) is 59.2 Å². The molecule has 0 heterocycles. The number of aromatic hydroxyl groups is 1. The Kier molecular flexibility index (Phi) is 6.55. The van der Waals surface area contributed by atoms with E-state index in [0.29, 0.717) is 11.1 Å². The van der Waals surface area contributed by atoms with E-state index in [-0.39, 0.29) is 30.3 Å². The van der Waals surface area contributed by atoms with Gasteiger partial charge in [-0.2, -0.15) is 0 Å². The summed E-state index contributed by atoms with van der Waals surface area (Å²) >= 11 is 0. The van der Waals surface area contributed by atoms with Gasteiger partial charge in [-0.05, 0) is 29.2 Å². The molecule has 0 spiro atoms. The molecule has 0 aromatic heterocycles. The first-order chi connectivity index (χ1) is 12.4. The highest BCUT2D eigenvalue weighted by atomic mass is 16.5. The molecule has 0 aliphatic carbocycles. The SMILES string of the molecule is CC(C)c1c(O)cc(/C=C/c2ccccc2)cc1OC(=O)CCC(=O)O. The van der Waals surface area contributed by atoms with Crippen LogP contribution in [-0.2, 0) is 9.59 Å². The first-order valence-corrected chi connectivity index (χ1v) is 8.39. The summed E-state index contributed by atoms with van der Waals surface area (Å²) in [6, 6.07) is 13.0. The summed E-state index contributed by atoms with van der Waals surface area (Å²) in [5, 5.41) is 19.0. The molecular formula is C21H22O5. The molecule has 0 unspecified atom stereocenters. The molecule has 0 amide bonds. The molecule has 5 nitrogen and oxygen atoms in total. The Labute approximate surface area is 152 Å². The van der Waals surface area contributed by atoms with Crippen LogP contribution >= 0.6 is 0 Å². The van der Waals surface area contributed by atoms with E-state index in [2.05, 4.69) is 0 Å². The Morgan fingerprint density at radius 2 is 1.69 bits per heavy atom. The summed E-state index contributed by atoms with van der Waals surface area (Å²) in [4.78, 5) is 22.5. The van der Waals surface area contributed by atoms with Crippen LogP contribution in [0.25, 0.3) is 12.2 Å². The van der Waals surface area contributed by atoms with Crippen LogP contribution in [0.5, 0.6) is 11.5 Å². The van der Waals surface area contributed by atoms with Crippen LogP contribution in [0.1, 0.15) is 49.3 Å². The van der Waals surface area contributed by atoms with E-state index in [9.17, 15) is 14.7 Å². The number of aliphatic carboxylic acids is 1. The largest absolute Gasteiger partial charge is 0.507 e. The lowest BCUT2D eigenvalue weighted by molar-refractivity contribution is -0.142. The van der Waals surface area contributed by atoms with Crippen LogP contribution < -0.4 is 4.74 Å². The molecule has 5 heteroatoms. The van der Waals surface area contributed by atoms with E-state index in [4.69, 9.17) is 9.84 Å². The third-order valence-electron chi connectivity index (χ3n) is 3.75. The van der Waals surface area contributed by atoms with Gasteiger partial charge in [-0.15, -0.1) is 0 Å². The van der Waals surface area contributed by atoms with Crippen LogP contribution in [0.15, 0.2) is 42.5 Å². The predicted octanol–water partition coefficient (Wildman–Crippen LogP) is 4.46. The molecule has 0 saturated heterocycles. The molecule has 0 atom stereocenters. The topological polar surface area (TPSA) is 83.8 Å². The molecular weight excluding hydrogens is 332 g/mol. The van der Waals surface area contributed by atoms with Crippen LogP contribution in [0.2, 0.25) is 0 Å². The minimum atomic E-state index is -1.06. The second-order valence-electron chi connectivity index (χ2n) is 6.22. The number of carbonyl (C=O) groups excluding carboxylic acids is 1. The van der Waals surface area contributed by atoms with Crippen LogP contribution in [0.3, 0.4) is 0 Å². The van der Waals surface area contributed by atoms with Crippen molar-refractivity contribution < 1.29 is 24.5 Å². The third kappa shape index (κ3) is 5.48. The van der Waals surface area contributed by atoms with Crippen LogP contribution in [-0.4, -0.2) is 22.2 Å². The van der Waals surface area contributed by atoms with Crippen molar-refractivity contribution in [2.24, 2.45) is 0 Å². The average molecular weight is 354 g/mol. The van der Waals surface area contributed by atoms with Crippen molar-refractivity contribution in [1.82, 2.24) is 0 Å². The maximum absolute atomic E-state index is 11.9. The number of hydrogen-bond acceptors (Lipinski definition) is 4. The average Bonchev–Trinajstić information content (AvgIpc) is 2.58. The second kappa shape index (κ2) is 8.85. The zero-order valence-corrected chi connectivity index (χ0v) is 14.8. The second-order valence-corrected chi connectivity index (χ2v) is 6.22. The molecule has 0 aliphatic heterocycles. The van der Waals surface area contributed by atoms with Crippen molar-refractivity contribution in [1.29, 1.82) is 0 Å². The number of carboxylic acid groups (broad SMARTS) is 1. The van der Waals surface area contributed by atoms with E-state index >= 15 is 0 Å². The fourth-order valence-electron chi connectivity index (χ4n) is 2.53. The molecule has 0 aliphatic rings. The summed E-state index contributed by atoms with van der Waals surface area (Å²) in [5.41, 5.74) is 2.20. The smallest absolute Gasteiger partial charge is 0.311 e. The first-order valence-electron chi connectivity index (χ1n) is 8.39. The van der Waals surface area contributed by atoms with Gasteiger partial charge in [0.1, 0.15) is 11.5 Å². The molecule has 0 fully saturated rings. The van der Waals surface area contributed by atoms with Gasteiger partial charge in [0.2, 0.25) is 0 Å². The first kappa shape index (κ1) is 19.2. The van der Waals surface area contributed by atoms with Crippen molar-refractivity contribution >= 4 is 24.1 Å². The highest BCUT2D eigenvalue weighted by Crippen LogP contribution is 2.36. The maximum atomic E-state index is 11.9. The number of ether oxygens (including phenoxy) is 1. The van der Waals surface area contributed by atoms with Gasteiger partial charge >= 0.3 is 11.9 Å². The molecule has 136 valence electrons. The van der Waals surface area contributed by atoms with E-state index in [1.165, 1.54) is 0 Å². The quantitative estimate of drug-likeness (QED) is 0.436. The standard InChI is InChI=1S/C21H22O5/c1-14(2)21-17(22)12-16(9-8-15-6-4-3-5-7-15)13-18(21)26-20(25)11-10-19(23)24/h3-9,12-14,22H,10-11H2,1-2H3,(H,23,24)/b9-8+. The van der Waals surface area contributed by atoms with Crippen molar-refractivity contribution in [3.8, 4) is 11.5 Å². The lowest BCUT2D eigenvalue weighted by Gasteiger charge is -2.15. The summed E-state index contributed by atoms with van der Waals surface area (Å²) in [6.07, 6.45) is 3.18. The van der Waals surface area contributed by atoms with Crippen molar-refractivity contribution in [2.75, 3.05) is 0 Å². The highest BCUT2D eigenvalue weighted by molar-refractivity contribution is 5.79. The van der Waals surface area contributed by atoms with Gasteiger partial charge in [-0.3, -0.25) is 9.59 Å². The fraction of sp³-hybridized carbons (Fsp3) is 0.238. The minimum absolute atomic E-state index is 0.0382. The van der Waals surface area contributed by atoms with Gasteiger partial charge in [0.05, 0.1) is 12.8 Å². The Balaban J connectivity index is 2.29.